The predicted octanol–water partition coefficient (Wildman–Crippen LogP) is 10.1. The molecule has 44 heavy (non-hydrogen) atoms. The van der Waals surface area contributed by atoms with E-state index in [0.29, 0.717) is 17.5 Å². The molecule has 0 amide bonds. The zero-order chi connectivity index (χ0) is 29.3. The van der Waals surface area contributed by atoms with Gasteiger partial charge in [0.2, 0.25) is 0 Å². The second kappa shape index (κ2) is 10.9. The second-order valence-electron chi connectivity index (χ2n) is 10.7. The van der Waals surface area contributed by atoms with Gasteiger partial charge in [-0.25, -0.2) is 15.0 Å². The quantitative estimate of drug-likeness (QED) is 0.197. The molecular weight excluding hydrogens is 534 g/mol. The fourth-order valence-electron chi connectivity index (χ4n) is 5.76. The molecule has 1 aromatic heterocycles. The number of allylic oxidation sites excluding steroid dienone is 4. The van der Waals surface area contributed by atoms with Gasteiger partial charge in [0.05, 0.1) is 0 Å². The minimum Gasteiger partial charge on any atom is -0.208 e. The Labute approximate surface area is 255 Å². The molecule has 0 spiro atoms. The highest BCUT2D eigenvalue weighted by Crippen LogP contribution is 2.33. The van der Waals surface area contributed by atoms with E-state index in [9.17, 15) is 0 Å². The summed E-state index contributed by atoms with van der Waals surface area (Å²) in [5.41, 5.74) is 13.5. The molecule has 0 bridgehead atoms. The summed E-state index contributed by atoms with van der Waals surface area (Å²) in [6.07, 6.45) is 5.90. The molecule has 0 saturated carbocycles. The Morgan fingerprint density at radius 2 is 0.886 bits per heavy atom. The van der Waals surface area contributed by atoms with Crippen molar-refractivity contribution in [2.75, 3.05) is 0 Å². The van der Waals surface area contributed by atoms with Crippen LogP contribution in [0.25, 0.3) is 72.4 Å². The molecule has 0 N–H and O–H groups in total. The molecule has 8 rings (SSSR count). The first kappa shape index (κ1) is 25.6. The standard InChI is InChI=1S/C41H25N3/c1-2-10-28(11-3-1)29-20-22-30(23-21-29)31-24-26-34(27-25-31)39-42-40(37-18-8-14-32-12-4-6-16-35(32)37)44-41(43-39)38-19-9-15-33-13-5-7-17-36(33)38/h1-2,4-10,12-27H. The van der Waals surface area contributed by atoms with E-state index in [0.717, 1.165) is 60.5 Å². The van der Waals surface area contributed by atoms with E-state index in [1.807, 2.05) is 18.2 Å². The maximum absolute atomic E-state index is 5.07. The Morgan fingerprint density at radius 1 is 0.409 bits per heavy atom. The van der Waals surface area contributed by atoms with Crippen LogP contribution in [0.15, 0.2) is 163 Å². The van der Waals surface area contributed by atoms with Crippen LogP contribution in [0.1, 0.15) is 5.56 Å². The van der Waals surface area contributed by atoms with E-state index in [4.69, 9.17) is 15.0 Å². The summed E-state index contributed by atoms with van der Waals surface area (Å²) in [6, 6.07) is 46.3. The minimum absolute atomic E-state index is 0.642. The first-order valence-corrected chi connectivity index (χ1v) is 14.6. The van der Waals surface area contributed by atoms with Crippen LogP contribution >= 0.6 is 0 Å². The maximum Gasteiger partial charge on any atom is 0.164 e. The Balaban J connectivity index is 1.24. The third-order valence-corrected chi connectivity index (χ3v) is 8.02. The minimum atomic E-state index is 0.642. The van der Waals surface area contributed by atoms with Crippen molar-refractivity contribution >= 4 is 27.1 Å². The molecular formula is C41H25N3. The SMILES string of the molecule is C1=C=C(c2ccc(-c3ccc(-c4nc(-c5cccc6ccccc56)nc(-c5cccc6ccccc56)n4)cc3)cc2)C=CC=1. The maximum atomic E-state index is 5.07. The average molecular weight is 560 g/mol. The van der Waals surface area contributed by atoms with Crippen LogP contribution in [0.4, 0.5) is 0 Å². The molecule has 204 valence electrons. The fourth-order valence-corrected chi connectivity index (χ4v) is 5.76. The van der Waals surface area contributed by atoms with E-state index in [2.05, 4.69) is 145 Å². The van der Waals surface area contributed by atoms with Crippen LogP contribution in [-0.4, -0.2) is 15.0 Å². The number of fused-ring (bicyclic) bond motifs is 2. The predicted molar refractivity (Wildman–Crippen MR) is 181 cm³/mol. The molecule has 6 aromatic carbocycles. The smallest absolute Gasteiger partial charge is 0.164 e. The monoisotopic (exact) mass is 559 g/mol. The third-order valence-electron chi connectivity index (χ3n) is 8.02. The van der Waals surface area contributed by atoms with Crippen molar-refractivity contribution in [3.8, 4) is 45.3 Å². The molecule has 3 heteroatoms. The normalized spacial score (nSPS) is 12.1. The summed E-state index contributed by atoms with van der Waals surface area (Å²) in [5.74, 6) is 1.96. The summed E-state index contributed by atoms with van der Waals surface area (Å²) in [4.78, 5) is 15.2. The first-order valence-electron chi connectivity index (χ1n) is 14.6. The van der Waals surface area contributed by atoms with Crippen LogP contribution in [0.3, 0.4) is 0 Å². The van der Waals surface area contributed by atoms with Crippen LogP contribution in [0, 0.1) is 0 Å². The Bertz CT molecular complexity index is 2220. The van der Waals surface area contributed by atoms with Crippen molar-refractivity contribution in [1.82, 2.24) is 15.0 Å². The van der Waals surface area contributed by atoms with Gasteiger partial charge in [-0.2, -0.15) is 0 Å². The van der Waals surface area contributed by atoms with Gasteiger partial charge in [-0.15, -0.1) is 0 Å². The van der Waals surface area contributed by atoms with Gasteiger partial charge in [0.15, 0.2) is 17.5 Å². The lowest BCUT2D eigenvalue weighted by atomic mass is 9.99. The van der Waals surface area contributed by atoms with Crippen molar-refractivity contribution in [2.45, 2.75) is 0 Å². The van der Waals surface area contributed by atoms with E-state index in [1.165, 1.54) is 0 Å². The van der Waals surface area contributed by atoms with Crippen molar-refractivity contribution in [3.63, 3.8) is 0 Å². The Hall–Kier alpha value is -6.11. The van der Waals surface area contributed by atoms with Gasteiger partial charge in [-0.05, 0) is 50.4 Å². The lowest BCUT2D eigenvalue weighted by Gasteiger charge is -2.12. The molecule has 0 unspecified atom stereocenters. The number of rotatable bonds is 5. The summed E-state index contributed by atoms with van der Waals surface area (Å²) < 4.78 is 0. The van der Waals surface area contributed by atoms with Gasteiger partial charge < -0.3 is 0 Å². The van der Waals surface area contributed by atoms with Crippen molar-refractivity contribution in [3.05, 3.63) is 169 Å². The molecule has 7 aromatic rings. The summed E-state index contributed by atoms with van der Waals surface area (Å²) in [6.45, 7) is 0. The molecule has 0 atom stereocenters. The average Bonchev–Trinajstić information content (AvgIpc) is 3.11. The summed E-state index contributed by atoms with van der Waals surface area (Å²) in [5, 5.41) is 4.52. The molecule has 3 nitrogen and oxygen atoms in total. The highest BCUT2D eigenvalue weighted by atomic mass is 15.0. The fraction of sp³-hybridized carbons (Fsp3) is 0. The third kappa shape index (κ3) is 4.75. The van der Waals surface area contributed by atoms with Crippen LogP contribution in [-0.2, 0) is 0 Å². The number of aromatic nitrogens is 3. The lowest BCUT2D eigenvalue weighted by molar-refractivity contribution is 1.08. The van der Waals surface area contributed by atoms with Gasteiger partial charge >= 0.3 is 0 Å². The van der Waals surface area contributed by atoms with Crippen molar-refractivity contribution < 1.29 is 0 Å². The van der Waals surface area contributed by atoms with Gasteiger partial charge in [0, 0.05) is 22.3 Å². The second-order valence-corrected chi connectivity index (χ2v) is 10.7. The summed E-state index contributed by atoms with van der Waals surface area (Å²) in [7, 11) is 0. The molecule has 1 aliphatic carbocycles. The summed E-state index contributed by atoms with van der Waals surface area (Å²) >= 11 is 0. The number of hydrogen-bond acceptors (Lipinski definition) is 3. The molecule has 1 heterocycles. The highest BCUT2D eigenvalue weighted by Gasteiger charge is 2.16. The van der Waals surface area contributed by atoms with Crippen LogP contribution < -0.4 is 0 Å². The molecule has 0 radical (unpaired) electrons. The number of hydrogen-bond donors (Lipinski definition) is 0. The van der Waals surface area contributed by atoms with Crippen molar-refractivity contribution in [1.29, 1.82) is 0 Å². The highest BCUT2D eigenvalue weighted by molar-refractivity contribution is 5.97. The molecule has 0 saturated heterocycles. The Morgan fingerprint density at radius 3 is 1.43 bits per heavy atom. The first-order chi connectivity index (χ1) is 21.8. The van der Waals surface area contributed by atoms with E-state index in [1.54, 1.807) is 0 Å². The van der Waals surface area contributed by atoms with Gasteiger partial charge in [0.25, 0.3) is 0 Å². The van der Waals surface area contributed by atoms with E-state index >= 15 is 0 Å². The van der Waals surface area contributed by atoms with Crippen LogP contribution in [0.5, 0.6) is 0 Å². The number of nitrogens with zero attached hydrogens (tertiary/aromatic N) is 3. The number of benzene rings is 6. The molecule has 1 aliphatic rings. The zero-order valence-electron chi connectivity index (χ0n) is 23.8. The largest absolute Gasteiger partial charge is 0.208 e. The zero-order valence-corrected chi connectivity index (χ0v) is 23.8. The van der Waals surface area contributed by atoms with Crippen LogP contribution in [0.2, 0.25) is 0 Å². The molecule has 0 fully saturated rings. The van der Waals surface area contributed by atoms with Gasteiger partial charge in [-0.3, -0.25) is 0 Å². The van der Waals surface area contributed by atoms with Gasteiger partial charge in [0.1, 0.15) is 0 Å². The van der Waals surface area contributed by atoms with Crippen molar-refractivity contribution in [2.24, 2.45) is 0 Å². The molecule has 0 aliphatic heterocycles. The van der Waals surface area contributed by atoms with Gasteiger partial charge in [-0.1, -0.05) is 151 Å². The van der Waals surface area contributed by atoms with E-state index < -0.39 is 0 Å². The topological polar surface area (TPSA) is 38.7 Å². The van der Waals surface area contributed by atoms with E-state index in [-0.39, 0.29) is 0 Å². The Kier molecular flexibility index (Phi) is 6.37. The lowest BCUT2D eigenvalue weighted by Crippen LogP contribution is -2.01.